The predicted octanol–water partition coefficient (Wildman–Crippen LogP) is 4.14. The number of benzene rings is 2. The molecule has 0 saturated heterocycles. The third-order valence-corrected chi connectivity index (χ3v) is 6.05. The maximum absolute atomic E-state index is 12.7. The first-order chi connectivity index (χ1) is 15.5. The highest BCUT2D eigenvalue weighted by molar-refractivity contribution is 7.90. The fraction of sp³-hybridized carbons (Fsp3) is 0.217. The summed E-state index contributed by atoms with van der Waals surface area (Å²) in [5, 5.41) is 0. The highest BCUT2D eigenvalue weighted by Gasteiger charge is 2.22. The van der Waals surface area contributed by atoms with Crippen molar-refractivity contribution in [3.05, 3.63) is 77.1 Å². The van der Waals surface area contributed by atoms with E-state index in [-0.39, 0.29) is 16.2 Å². The normalized spacial score (nSPS) is 11.5. The molecule has 7 nitrogen and oxygen atoms in total. The summed E-state index contributed by atoms with van der Waals surface area (Å²) in [6.07, 6.45) is 0.977. The molecule has 0 fully saturated rings. The van der Waals surface area contributed by atoms with Crippen LogP contribution in [0.2, 0.25) is 0 Å². The zero-order chi connectivity index (χ0) is 24.3. The van der Waals surface area contributed by atoms with Gasteiger partial charge in [0.05, 0.1) is 10.5 Å². The van der Waals surface area contributed by atoms with Crippen LogP contribution >= 0.6 is 0 Å². The number of rotatable bonds is 8. The van der Waals surface area contributed by atoms with E-state index in [0.29, 0.717) is 22.6 Å². The van der Waals surface area contributed by atoms with E-state index in [1.807, 2.05) is 0 Å². The van der Waals surface area contributed by atoms with E-state index in [4.69, 9.17) is 4.74 Å². The molecule has 0 aliphatic rings. The minimum absolute atomic E-state index is 0.00815. The number of esters is 1. The van der Waals surface area contributed by atoms with E-state index in [1.165, 1.54) is 36.4 Å². The number of ketones is 1. The second-order valence-corrected chi connectivity index (χ2v) is 9.24. The molecule has 174 valence electrons. The van der Waals surface area contributed by atoms with Crippen LogP contribution in [-0.2, 0) is 14.6 Å². The van der Waals surface area contributed by atoms with Crippen LogP contribution in [0.1, 0.15) is 32.1 Å². The van der Waals surface area contributed by atoms with Gasteiger partial charge in [-0.25, -0.2) is 13.2 Å². The summed E-state index contributed by atoms with van der Waals surface area (Å²) in [5.74, 6) is -1.39. The SMILES string of the molecule is Cc1cc(C(=O)COC(=O)c2ccccc2S(C)(=O)=O)c(C)n1-c1ccc(OC(F)F)cc1. The number of sulfone groups is 1. The molecule has 0 aliphatic carbocycles. The van der Waals surface area contributed by atoms with Gasteiger partial charge in [-0.1, -0.05) is 12.1 Å². The van der Waals surface area contributed by atoms with Crippen molar-refractivity contribution in [1.82, 2.24) is 4.57 Å². The average molecular weight is 477 g/mol. The number of ether oxygens (including phenoxy) is 2. The van der Waals surface area contributed by atoms with E-state index < -0.39 is 34.8 Å². The maximum atomic E-state index is 12.7. The number of carbonyl (C=O) groups is 2. The number of alkyl halides is 2. The molecule has 0 unspecified atom stereocenters. The van der Waals surface area contributed by atoms with Crippen LogP contribution in [-0.4, -0.2) is 44.2 Å². The summed E-state index contributed by atoms with van der Waals surface area (Å²) in [6, 6.07) is 13.2. The van der Waals surface area contributed by atoms with Crippen LogP contribution in [0.4, 0.5) is 8.78 Å². The van der Waals surface area contributed by atoms with Crippen molar-refractivity contribution >= 4 is 21.6 Å². The number of aromatic nitrogens is 1. The standard InChI is InChI=1S/C23H21F2NO6S/c1-14-12-19(15(2)26(14)16-8-10-17(11-9-16)32-23(24)25)20(27)13-31-22(28)18-6-4-5-7-21(18)33(3,29)30/h4-12,23H,13H2,1-3H3. The topological polar surface area (TPSA) is 91.7 Å². The molecule has 3 aromatic rings. The molecule has 0 N–H and O–H groups in total. The highest BCUT2D eigenvalue weighted by Crippen LogP contribution is 2.24. The van der Waals surface area contributed by atoms with Crippen molar-refractivity contribution in [2.24, 2.45) is 0 Å². The van der Waals surface area contributed by atoms with Gasteiger partial charge in [0.1, 0.15) is 5.75 Å². The lowest BCUT2D eigenvalue weighted by atomic mass is 10.1. The number of carbonyl (C=O) groups excluding carboxylic acids is 2. The second kappa shape index (κ2) is 9.53. The molecule has 10 heteroatoms. The molecule has 0 bridgehead atoms. The van der Waals surface area contributed by atoms with Gasteiger partial charge in [0.15, 0.2) is 16.4 Å². The van der Waals surface area contributed by atoms with E-state index in [9.17, 15) is 26.8 Å². The number of hydrogen-bond donors (Lipinski definition) is 0. The summed E-state index contributed by atoms with van der Waals surface area (Å²) in [7, 11) is -3.66. The monoisotopic (exact) mass is 477 g/mol. The summed E-state index contributed by atoms with van der Waals surface area (Å²) < 4.78 is 59.7. The van der Waals surface area contributed by atoms with Gasteiger partial charge < -0.3 is 14.0 Å². The van der Waals surface area contributed by atoms with Crippen LogP contribution in [0.15, 0.2) is 59.5 Å². The minimum atomic E-state index is -3.66. The van der Waals surface area contributed by atoms with Crippen LogP contribution < -0.4 is 4.74 Å². The molecule has 0 spiro atoms. The Morgan fingerprint density at radius 2 is 1.64 bits per heavy atom. The predicted molar refractivity (Wildman–Crippen MR) is 116 cm³/mol. The Labute approximate surface area is 189 Å². The Morgan fingerprint density at radius 3 is 2.24 bits per heavy atom. The van der Waals surface area contributed by atoms with Gasteiger partial charge in [-0.15, -0.1) is 0 Å². The molecule has 3 rings (SSSR count). The van der Waals surface area contributed by atoms with Gasteiger partial charge in [0.25, 0.3) is 0 Å². The zero-order valence-corrected chi connectivity index (χ0v) is 18.9. The minimum Gasteiger partial charge on any atom is -0.454 e. The zero-order valence-electron chi connectivity index (χ0n) is 18.0. The van der Waals surface area contributed by atoms with Crippen molar-refractivity contribution in [2.45, 2.75) is 25.4 Å². The van der Waals surface area contributed by atoms with E-state index in [0.717, 1.165) is 6.26 Å². The Kier molecular flexibility index (Phi) is 6.97. The van der Waals surface area contributed by atoms with Crippen molar-refractivity contribution in [1.29, 1.82) is 0 Å². The van der Waals surface area contributed by atoms with Crippen LogP contribution in [0.25, 0.3) is 5.69 Å². The molecule has 0 radical (unpaired) electrons. The molecule has 1 heterocycles. The lowest BCUT2D eigenvalue weighted by molar-refractivity contribution is -0.0498. The summed E-state index contributed by atoms with van der Waals surface area (Å²) in [5.41, 5.74) is 2.05. The lowest BCUT2D eigenvalue weighted by Crippen LogP contribution is -2.17. The molecule has 0 atom stereocenters. The molecule has 1 aromatic heterocycles. The van der Waals surface area contributed by atoms with Gasteiger partial charge in [0.2, 0.25) is 5.78 Å². The van der Waals surface area contributed by atoms with Gasteiger partial charge in [0, 0.05) is 28.9 Å². The summed E-state index contributed by atoms with van der Waals surface area (Å²) in [6.45, 7) is -0.0449. The summed E-state index contributed by atoms with van der Waals surface area (Å²) >= 11 is 0. The molecule has 2 aromatic carbocycles. The molecular formula is C23H21F2NO6S. The first-order valence-electron chi connectivity index (χ1n) is 9.72. The maximum Gasteiger partial charge on any atom is 0.387 e. The van der Waals surface area contributed by atoms with Crippen molar-refractivity contribution in [3.8, 4) is 11.4 Å². The van der Waals surface area contributed by atoms with Crippen molar-refractivity contribution in [3.63, 3.8) is 0 Å². The van der Waals surface area contributed by atoms with Crippen molar-refractivity contribution < 1.29 is 36.3 Å². The van der Waals surface area contributed by atoms with E-state index >= 15 is 0 Å². The lowest BCUT2D eigenvalue weighted by Gasteiger charge is -2.11. The largest absolute Gasteiger partial charge is 0.454 e. The van der Waals surface area contributed by atoms with Crippen LogP contribution in [0, 0.1) is 13.8 Å². The third kappa shape index (κ3) is 5.46. The Bertz CT molecular complexity index is 1300. The highest BCUT2D eigenvalue weighted by atomic mass is 32.2. The summed E-state index contributed by atoms with van der Waals surface area (Å²) in [4.78, 5) is 25.0. The van der Waals surface area contributed by atoms with Crippen molar-refractivity contribution in [2.75, 3.05) is 12.9 Å². The van der Waals surface area contributed by atoms with Crippen LogP contribution in [0.5, 0.6) is 5.75 Å². The Hall–Kier alpha value is -3.53. The number of aryl methyl sites for hydroxylation is 1. The quantitative estimate of drug-likeness (QED) is 0.358. The smallest absolute Gasteiger partial charge is 0.387 e. The molecule has 0 saturated carbocycles. The van der Waals surface area contributed by atoms with Gasteiger partial charge >= 0.3 is 12.6 Å². The number of hydrogen-bond acceptors (Lipinski definition) is 6. The van der Waals surface area contributed by atoms with Gasteiger partial charge in [-0.2, -0.15) is 8.78 Å². The fourth-order valence-corrected chi connectivity index (χ4v) is 4.34. The Balaban J connectivity index is 1.78. The van der Waals surface area contributed by atoms with Gasteiger partial charge in [-0.3, -0.25) is 4.79 Å². The average Bonchev–Trinajstić information content (AvgIpc) is 3.05. The number of Topliss-reactive ketones (excluding diaryl/α,β-unsaturated/α-hetero) is 1. The second-order valence-electron chi connectivity index (χ2n) is 7.26. The first kappa shape index (κ1) is 24.1. The molecule has 0 amide bonds. The molecule has 0 aliphatic heterocycles. The number of halogens is 2. The van der Waals surface area contributed by atoms with E-state index in [2.05, 4.69) is 4.74 Å². The molecule has 33 heavy (non-hydrogen) atoms. The van der Waals surface area contributed by atoms with Crippen LogP contribution in [0.3, 0.4) is 0 Å². The third-order valence-electron chi connectivity index (χ3n) is 4.89. The fourth-order valence-electron chi connectivity index (χ4n) is 3.46. The number of nitrogens with zero attached hydrogens (tertiary/aromatic N) is 1. The molecular weight excluding hydrogens is 456 g/mol. The first-order valence-corrected chi connectivity index (χ1v) is 11.6. The van der Waals surface area contributed by atoms with E-state index in [1.54, 1.807) is 36.6 Å². The Morgan fingerprint density at radius 1 is 1.00 bits per heavy atom. The van der Waals surface area contributed by atoms with Gasteiger partial charge in [-0.05, 0) is 56.3 Å².